The molecule has 4 aliphatic rings. The summed E-state index contributed by atoms with van der Waals surface area (Å²) < 4.78 is 40.8. The van der Waals surface area contributed by atoms with Gasteiger partial charge in [0.1, 0.15) is 28.5 Å². The molecule has 0 aliphatic carbocycles. The Balaban J connectivity index is 1.17. The maximum Gasteiger partial charge on any atom is 0.252 e. The molecule has 0 unspecified atom stereocenters. The van der Waals surface area contributed by atoms with Crippen LogP contribution in [0.2, 0.25) is 0 Å². The molecule has 0 N–H and O–H groups in total. The first kappa shape index (κ1) is 38.1. The first-order valence-corrected chi connectivity index (χ1v) is 23.9. The molecule has 68 heavy (non-hydrogen) atoms. The second-order valence-electron chi connectivity index (χ2n) is 18.1. The number of nitrogens with zero attached hydrogens (tertiary/aromatic N) is 2. The highest BCUT2D eigenvalue weighted by Gasteiger charge is 2.52. The Bertz CT molecular complexity index is 3940. The van der Waals surface area contributed by atoms with Gasteiger partial charge in [0.15, 0.2) is 0 Å². The van der Waals surface area contributed by atoms with Gasteiger partial charge >= 0.3 is 0 Å². The number of fused-ring (bicyclic) bond motifs is 13. The Morgan fingerprint density at radius 1 is 0.412 bits per heavy atom. The number of halogens is 2. The minimum absolute atomic E-state index is 0.107. The summed E-state index contributed by atoms with van der Waals surface area (Å²) in [6, 6.07) is 70.7. The normalized spacial score (nSPS) is 13.6. The van der Waals surface area contributed by atoms with Gasteiger partial charge in [0.2, 0.25) is 6.71 Å². The molecule has 8 heteroatoms. The quantitative estimate of drug-likeness (QED) is 0.164. The fourth-order valence-corrected chi connectivity index (χ4v) is 13.2. The van der Waals surface area contributed by atoms with E-state index in [-0.39, 0.29) is 19.1 Å². The lowest BCUT2D eigenvalue weighted by Gasteiger charge is -2.50. The van der Waals surface area contributed by atoms with E-state index >= 15 is 8.78 Å². The van der Waals surface area contributed by atoms with Crippen LogP contribution in [0.4, 0.5) is 42.9 Å². The van der Waals surface area contributed by atoms with Crippen LogP contribution in [0.1, 0.15) is 0 Å². The molecule has 0 bridgehead atoms. The predicted octanol–water partition coefficient (Wildman–Crippen LogP) is 12.2. The molecule has 5 heterocycles. The lowest BCUT2D eigenvalue weighted by atomic mass is 9.29. The highest BCUT2D eigenvalue weighted by Crippen LogP contribution is 2.55. The minimum Gasteiger partial charge on any atom is -0.456 e. The number of hydrogen-bond donors (Lipinski definition) is 0. The summed E-state index contributed by atoms with van der Waals surface area (Å²) in [6.45, 7) is -0.479. The molecule has 4 aliphatic heterocycles. The minimum atomic E-state index is -0.635. The van der Waals surface area contributed by atoms with Gasteiger partial charge in [0, 0.05) is 48.9 Å². The Labute approximate surface area is 396 Å². The Morgan fingerprint density at radius 2 is 0.985 bits per heavy atom. The molecule has 0 saturated carbocycles. The lowest BCUT2D eigenvalue weighted by Crippen LogP contribution is -2.68. The van der Waals surface area contributed by atoms with E-state index in [1.807, 2.05) is 47.4 Å². The van der Waals surface area contributed by atoms with Gasteiger partial charge < -0.3 is 14.2 Å². The van der Waals surface area contributed by atoms with Crippen LogP contribution < -0.4 is 42.6 Å². The van der Waals surface area contributed by atoms with E-state index in [0.717, 1.165) is 110 Å². The first-order chi connectivity index (χ1) is 33.6. The molecule has 0 spiro atoms. The molecule has 11 aromatic rings. The second kappa shape index (κ2) is 14.2. The van der Waals surface area contributed by atoms with Crippen molar-refractivity contribution >= 4 is 114 Å². The van der Waals surface area contributed by atoms with Gasteiger partial charge in [0.25, 0.3) is 6.71 Å². The first-order valence-electron chi connectivity index (χ1n) is 23.0. The average molecular weight is 891 g/mol. The van der Waals surface area contributed by atoms with Crippen LogP contribution in [0.3, 0.4) is 0 Å². The number of furan rings is 1. The summed E-state index contributed by atoms with van der Waals surface area (Å²) in [7, 11) is 0. The van der Waals surface area contributed by atoms with Gasteiger partial charge in [-0.1, -0.05) is 175 Å². The van der Waals surface area contributed by atoms with Crippen molar-refractivity contribution in [3.8, 4) is 33.4 Å². The third-order valence-corrected chi connectivity index (χ3v) is 15.9. The van der Waals surface area contributed by atoms with E-state index in [2.05, 4.69) is 150 Å². The number of benzene rings is 10. The van der Waals surface area contributed by atoms with Gasteiger partial charge in [-0.05, 0) is 104 Å². The van der Waals surface area contributed by atoms with Crippen LogP contribution in [-0.4, -0.2) is 13.4 Å². The zero-order valence-corrected chi connectivity index (χ0v) is 37.1. The summed E-state index contributed by atoms with van der Waals surface area (Å²) in [5.41, 5.74) is 19.3. The van der Waals surface area contributed by atoms with Crippen LogP contribution in [0.5, 0.6) is 0 Å². The predicted molar refractivity (Wildman–Crippen MR) is 279 cm³/mol. The molecule has 0 radical (unpaired) electrons. The third kappa shape index (κ3) is 5.15. The largest absolute Gasteiger partial charge is 0.456 e. The maximum atomic E-state index is 17.1. The standard InChI is InChI=1S/C60H34B2F2N2OS/c63-45-23-14-24-46(64)57(45)66-47-25-10-8-21-41(47)61-43-33-37(35-15-3-1-4-16-35)29-31-48(43)65-49-32-30-38(36-17-5-2-6-18-36)34-44(49)62-42-22-9-12-28-52(42)68-60-54(58(66)55(61)59(65)56(60)62)40-20-13-27-51-53(40)39-19-7-11-26-50(39)67-51/h1-34H. The van der Waals surface area contributed by atoms with Crippen molar-refractivity contribution in [2.45, 2.75) is 9.79 Å². The number of anilines is 6. The van der Waals surface area contributed by atoms with Crippen molar-refractivity contribution in [2.24, 2.45) is 0 Å². The Morgan fingerprint density at radius 3 is 1.71 bits per heavy atom. The molecule has 3 nitrogen and oxygen atoms in total. The average Bonchev–Trinajstić information content (AvgIpc) is 3.78. The van der Waals surface area contributed by atoms with Gasteiger partial charge in [-0.3, -0.25) is 0 Å². The number of hydrogen-bond acceptors (Lipinski definition) is 4. The number of rotatable bonds is 4. The van der Waals surface area contributed by atoms with Crippen molar-refractivity contribution in [3.05, 3.63) is 218 Å². The van der Waals surface area contributed by atoms with Crippen molar-refractivity contribution in [2.75, 3.05) is 9.80 Å². The van der Waals surface area contributed by atoms with Crippen molar-refractivity contribution in [3.63, 3.8) is 0 Å². The molecule has 10 aromatic carbocycles. The molecular weight excluding hydrogens is 856 g/mol. The zero-order chi connectivity index (χ0) is 44.8. The molecule has 316 valence electrons. The number of para-hydroxylation sites is 3. The van der Waals surface area contributed by atoms with E-state index in [9.17, 15) is 0 Å². The smallest absolute Gasteiger partial charge is 0.252 e. The second-order valence-corrected chi connectivity index (χ2v) is 19.1. The van der Waals surface area contributed by atoms with E-state index in [1.165, 1.54) is 34.6 Å². The summed E-state index contributed by atoms with van der Waals surface area (Å²) >= 11 is 1.76. The van der Waals surface area contributed by atoms with Crippen LogP contribution in [0.25, 0.3) is 55.3 Å². The van der Waals surface area contributed by atoms with Crippen LogP contribution in [0.15, 0.2) is 220 Å². The van der Waals surface area contributed by atoms with E-state index in [1.54, 1.807) is 11.8 Å². The molecule has 0 atom stereocenters. The van der Waals surface area contributed by atoms with E-state index in [0.29, 0.717) is 0 Å². The Kier molecular flexibility index (Phi) is 7.97. The van der Waals surface area contributed by atoms with E-state index in [4.69, 9.17) is 4.42 Å². The topological polar surface area (TPSA) is 19.6 Å². The lowest BCUT2D eigenvalue weighted by molar-refractivity contribution is 0.586. The SMILES string of the molecule is Fc1cccc(F)c1N1c2ccccc2B2c3cc(-c4ccccc4)ccc3N3c4ccc(-c5ccccc5)cc4B4c5ccccc5Sc5c4c3c2c1c5-c1cccc2oc3ccccc3c12. The molecule has 0 saturated heterocycles. The van der Waals surface area contributed by atoms with Crippen LogP contribution >= 0.6 is 11.8 Å². The zero-order valence-electron chi connectivity index (χ0n) is 36.3. The van der Waals surface area contributed by atoms with Crippen molar-refractivity contribution in [1.29, 1.82) is 0 Å². The maximum absolute atomic E-state index is 17.1. The van der Waals surface area contributed by atoms with Crippen molar-refractivity contribution < 1.29 is 13.2 Å². The Hall–Kier alpha value is -8.06. The molecule has 1 aromatic heterocycles. The van der Waals surface area contributed by atoms with Gasteiger partial charge in [-0.2, -0.15) is 0 Å². The summed E-state index contributed by atoms with van der Waals surface area (Å²) in [5, 5.41) is 1.94. The molecule has 15 rings (SSSR count). The van der Waals surface area contributed by atoms with Gasteiger partial charge in [-0.25, -0.2) is 8.78 Å². The summed E-state index contributed by atoms with van der Waals surface area (Å²) in [4.78, 5) is 6.60. The van der Waals surface area contributed by atoms with E-state index < -0.39 is 11.6 Å². The van der Waals surface area contributed by atoms with Gasteiger partial charge in [0.05, 0.1) is 5.69 Å². The molecular formula is C60H34B2F2N2OS. The monoisotopic (exact) mass is 890 g/mol. The van der Waals surface area contributed by atoms with Crippen LogP contribution in [-0.2, 0) is 0 Å². The third-order valence-electron chi connectivity index (χ3n) is 14.6. The summed E-state index contributed by atoms with van der Waals surface area (Å²) in [6.07, 6.45) is 0. The summed E-state index contributed by atoms with van der Waals surface area (Å²) in [5.74, 6) is -1.27. The fraction of sp³-hybridized carbons (Fsp3) is 0. The highest BCUT2D eigenvalue weighted by molar-refractivity contribution is 8.00. The molecule has 0 fully saturated rings. The van der Waals surface area contributed by atoms with Crippen molar-refractivity contribution in [1.82, 2.24) is 0 Å². The highest BCUT2D eigenvalue weighted by atomic mass is 32.2. The van der Waals surface area contributed by atoms with Crippen LogP contribution in [0, 0.1) is 11.6 Å². The van der Waals surface area contributed by atoms with Gasteiger partial charge in [-0.15, -0.1) is 0 Å². The fourth-order valence-electron chi connectivity index (χ4n) is 11.9. The molecule has 0 amide bonds.